The SMILES string of the molecule is N#Cc1ccccc1-c1ccccc1C(=O)Nc1ccc2nc[nH]c(=O)c2c1. The molecule has 0 unspecified atom stereocenters. The van der Waals surface area contributed by atoms with Gasteiger partial charge in [-0.1, -0.05) is 36.4 Å². The second kappa shape index (κ2) is 7.17. The first-order valence-electron chi connectivity index (χ1n) is 8.55. The Kier molecular flexibility index (Phi) is 4.40. The van der Waals surface area contributed by atoms with Crippen molar-refractivity contribution in [3.05, 3.63) is 94.5 Å². The molecule has 6 heteroatoms. The zero-order valence-corrected chi connectivity index (χ0v) is 14.6. The molecule has 2 N–H and O–H groups in total. The number of carbonyl (C=O) groups excluding carboxylic acids is 1. The number of amides is 1. The molecule has 4 aromatic rings. The van der Waals surface area contributed by atoms with E-state index in [1.165, 1.54) is 6.33 Å². The van der Waals surface area contributed by atoms with Crippen LogP contribution in [0.25, 0.3) is 22.0 Å². The maximum atomic E-state index is 12.9. The van der Waals surface area contributed by atoms with E-state index in [-0.39, 0.29) is 11.5 Å². The number of nitriles is 1. The lowest BCUT2D eigenvalue weighted by Gasteiger charge is -2.12. The second-order valence-corrected chi connectivity index (χ2v) is 6.12. The van der Waals surface area contributed by atoms with Crippen LogP contribution in [0.1, 0.15) is 15.9 Å². The molecule has 4 rings (SSSR count). The molecular weight excluding hydrogens is 352 g/mol. The molecule has 0 aliphatic carbocycles. The molecule has 6 nitrogen and oxygen atoms in total. The summed E-state index contributed by atoms with van der Waals surface area (Å²) in [4.78, 5) is 31.5. The summed E-state index contributed by atoms with van der Waals surface area (Å²) < 4.78 is 0. The zero-order chi connectivity index (χ0) is 19.5. The van der Waals surface area contributed by atoms with E-state index in [1.54, 1.807) is 48.5 Å². The zero-order valence-electron chi connectivity index (χ0n) is 14.6. The van der Waals surface area contributed by atoms with Crippen LogP contribution in [0.4, 0.5) is 5.69 Å². The minimum atomic E-state index is -0.331. The normalized spacial score (nSPS) is 10.4. The third kappa shape index (κ3) is 3.13. The first kappa shape index (κ1) is 17.2. The smallest absolute Gasteiger partial charge is 0.258 e. The Morgan fingerprint density at radius 1 is 1.00 bits per heavy atom. The Morgan fingerprint density at radius 3 is 2.57 bits per heavy atom. The van der Waals surface area contributed by atoms with Gasteiger partial charge in [-0.3, -0.25) is 9.59 Å². The van der Waals surface area contributed by atoms with Crippen LogP contribution in [0.5, 0.6) is 0 Å². The second-order valence-electron chi connectivity index (χ2n) is 6.12. The first-order chi connectivity index (χ1) is 13.7. The van der Waals surface area contributed by atoms with Crippen molar-refractivity contribution in [2.75, 3.05) is 5.32 Å². The Hall–Kier alpha value is -4.24. The van der Waals surface area contributed by atoms with Crippen molar-refractivity contribution in [3.8, 4) is 17.2 Å². The fraction of sp³-hybridized carbons (Fsp3) is 0. The van der Waals surface area contributed by atoms with Crippen LogP contribution in [-0.4, -0.2) is 15.9 Å². The van der Waals surface area contributed by atoms with Crippen molar-refractivity contribution < 1.29 is 4.79 Å². The predicted octanol–water partition coefficient (Wildman–Crippen LogP) is 3.71. The maximum Gasteiger partial charge on any atom is 0.258 e. The average molecular weight is 366 g/mol. The molecule has 3 aromatic carbocycles. The number of nitrogens with one attached hydrogen (secondary N) is 2. The molecule has 0 spiro atoms. The predicted molar refractivity (Wildman–Crippen MR) is 107 cm³/mol. The number of nitrogens with zero attached hydrogens (tertiary/aromatic N) is 2. The van der Waals surface area contributed by atoms with E-state index in [4.69, 9.17) is 0 Å². The Balaban J connectivity index is 1.73. The number of aromatic nitrogens is 2. The van der Waals surface area contributed by atoms with Crippen molar-refractivity contribution in [2.45, 2.75) is 0 Å². The van der Waals surface area contributed by atoms with Crippen LogP contribution in [0.15, 0.2) is 77.9 Å². The highest BCUT2D eigenvalue weighted by Gasteiger charge is 2.15. The summed E-state index contributed by atoms with van der Waals surface area (Å²) in [6.07, 6.45) is 1.34. The quantitative estimate of drug-likeness (QED) is 0.577. The molecule has 0 saturated heterocycles. The monoisotopic (exact) mass is 366 g/mol. The van der Waals surface area contributed by atoms with Crippen molar-refractivity contribution in [3.63, 3.8) is 0 Å². The minimum absolute atomic E-state index is 0.274. The third-order valence-electron chi connectivity index (χ3n) is 4.41. The Morgan fingerprint density at radius 2 is 1.75 bits per heavy atom. The highest BCUT2D eigenvalue weighted by atomic mass is 16.1. The van der Waals surface area contributed by atoms with E-state index in [2.05, 4.69) is 21.4 Å². The van der Waals surface area contributed by atoms with Gasteiger partial charge in [0, 0.05) is 16.8 Å². The van der Waals surface area contributed by atoms with Crippen molar-refractivity contribution in [2.24, 2.45) is 0 Å². The topological polar surface area (TPSA) is 98.6 Å². The summed E-state index contributed by atoms with van der Waals surface area (Å²) in [6.45, 7) is 0. The molecule has 0 aliphatic heterocycles. The molecule has 1 heterocycles. The molecule has 0 radical (unpaired) electrons. The van der Waals surface area contributed by atoms with Gasteiger partial charge in [0.1, 0.15) is 0 Å². The number of benzene rings is 3. The number of aromatic amines is 1. The van der Waals surface area contributed by atoms with Crippen LogP contribution in [-0.2, 0) is 0 Å². The standard InChI is InChI=1S/C22H14N4O2/c23-12-14-5-1-2-6-16(14)17-7-3-4-8-18(17)22(28)26-15-9-10-20-19(11-15)21(27)25-13-24-20/h1-11,13H,(H,26,28)(H,24,25,27). The number of fused-ring (bicyclic) bond motifs is 1. The van der Waals surface area contributed by atoms with Crippen molar-refractivity contribution >= 4 is 22.5 Å². The highest BCUT2D eigenvalue weighted by molar-refractivity contribution is 6.09. The van der Waals surface area contributed by atoms with E-state index < -0.39 is 0 Å². The molecule has 0 fully saturated rings. The molecule has 0 bridgehead atoms. The van der Waals surface area contributed by atoms with Crippen molar-refractivity contribution in [1.82, 2.24) is 9.97 Å². The van der Waals surface area contributed by atoms with Gasteiger partial charge in [-0.2, -0.15) is 5.26 Å². The van der Waals surface area contributed by atoms with Gasteiger partial charge in [0.25, 0.3) is 11.5 Å². The molecule has 0 atom stereocenters. The molecule has 1 amide bonds. The molecule has 1 aromatic heterocycles. The van der Waals surface area contributed by atoms with Crippen LogP contribution in [0, 0.1) is 11.3 Å². The van der Waals surface area contributed by atoms with Gasteiger partial charge < -0.3 is 10.3 Å². The summed E-state index contributed by atoms with van der Waals surface area (Å²) in [6, 6.07) is 21.4. The highest BCUT2D eigenvalue weighted by Crippen LogP contribution is 2.27. The molecule has 0 aliphatic rings. The molecule has 134 valence electrons. The number of rotatable bonds is 3. The fourth-order valence-corrected chi connectivity index (χ4v) is 3.08. The van der Waals surface area contributed by atoms with Crippen LogP contribution in [0.2, 0.25) is 0 Å². The van der Waals surface area contributed by atoms with Gasteiger partial charge >= 0.3 is 0 Å². The van der Waals surface area contributed by atoms with Gasteiger partial charge in [0.05, 0.1) is 28.9 Å². The van der Waals surface area contributed by atoms with Gasteiger partial charge in [-0.15, -0.1) is 0 Å². The van der Waals surface area contributed by atoms with Gasteiger partial charge in [0.15, 0.2) is 0 Å². The summed E-state index contributed by atoms with van der Waals surface area (Å²) in [5, 5.41) is 12.6. The largest absolute Gasteiger partial charge is 0.322 e. The lowest BCUT2D eigenvalue weighted by Crippen LogP contribution is -2.14. The lowest BCUT2D eigenvalue weighted by atomic mass is 9.95. The third-order valence-corrected chi connectivity index (χ3v) is 4.41. The first-order valence-corrected chi connectivity index (χ1v) is 8.55. The van der Waals surface area contributed by atoms with E-state index in [9.17, 15) is 14.9 Å². The van der Waals surface area contributed by atoms with Crippen LogP contribution >= 0.6 is 0 Å². The van der Waals surface area contributed by atoms with Gasteiger partial charge in [0.2, 0.25) is 0 Å². The van der Waals surface area contributed by atoms with E-state index in [1.807, 2.05) is 18.2 Å². The number of carbonyl (C=O) groups is 1. The van der Waals surface area contributed by atoms with E-state index in [0.717, 1.165) is 0 Å². The van der Waals surface area contributed by atoms with Crippen LogP contribution < -0.4 is 10.9 Å². The lowest BCUT2D eigenvalue weighted by molar-refractivity contribution is 0.102. The maximum absolute atomic E-state index is 12.9. The van der Waals surface area contributed by atoms with Gasteiger partial charge in [-0.05, 0) is 35.9 Å². The number of hydrogen-bond acceptors (Lipinski definition) is 4. The summed E-state index contributed by atoms with van der Waals surface area (Å²) in [5.74, 6) is -0.331. The molecular formula is C22H14N4O2. The van der Waals surface area contributed by atoms with Crippen LogP contribution in [0.3, 0.4) is 0 Å². The van der Waals surface area contributed by atoms with Crippen molar-refractivity contribution in [1.29, 1.82) is 5.26 Å². The number of anilines is 1. The minimum Gasteiger partial charge on any atom is -0.322 e. The number of H-pyrrole nitrogens is 1. The number of hydrogen-bond donors (Lipinski definition) is 2. The molecule has 0 saturated carbocycles. The Labute approximate surface area is 160 Å². The van der Waals surface area contributed by atoms with E-state index in [0.29, 0.717) is 38.8 Å². The molecule has 28 heavy (non-hydrogen) atoms. The summed E-state index contributed by atoms with van der Waals surface area (Å²) >= 11 is 0. The fourth-order valence-electron chi connectivity index (χ4n) is 3.08. The summed E-state index contributed by atoms with van der Waals surface area (Å²) in [7, 11) is 0. The van der Waals surface area contributed by atoms with E-state index >= 15 is 0 Å². The average Bonchev–Trinajstić information content (AvgIpc) is 2.74. The summed E-state index contributed by atoms with van der Waals surface area (Å²) in [5.41, 5.74) is 3.04. The Bertz CT molecular complexity index is 1300. The van der Waals surface area contributed by atoms with Gasteiger partial charge in [-0.25, -0.2) is 4.98 Å².